The molecular formula is C13H27N3O2. The molecule has 0 aliphatic carbocycles. The molecule has 1 unspecified atom stereocenters. The predicted molar refractivity (Wildman–Crippen MR) is 72.6 cm³/mol. The van der Waals surface area contributed by atoms with Gasteiger partial charge in [-0.3, -0.25) is 9.69 Å². The van der Waals surface area contributed by atoms with Crippen molar-refractivity contribution < 1.29 is 9.53 Å². The predicted octanol–water partition coefficient (Wildman–Crippen LogP) is 0.211. The number of rotatable bonds is 7. The van der Waals surface area contributed by atoms with Crippen LogP contribution in [0.2, 0.25) is 0 Å². The first-order valence-electron chi connectivity index (χ1n) is 6.92. The Hall–Kier alpha value is -0.650. The van der Waals surface area contributed by atoms with Crippen molar-refractivity contribution in [2.45, 2.75) is 38.8 Å². The van der Waals surface area contributed by atoms with Gasteiger partial charge in [0.05, 0.1) is 13.2 Å². The second-order valence-corrected chi connectivity index (χ2v) is 4.95. The topological polar surface area (TPSA) is 53.6 Å². The van der Waals surface area contributed by atoms with Crippen molar-refractivity contribution in [1.29, 1.82) is 0 Å². The third-order valence-electron chi connectivity index (χ3n) is 3.33. The molecule has 1 rings (SSSR count). The molecule has 5 nitrogen and oxygen atoms in total. The molecule has 106 valence electrons. The Morgan fingerprint density at radius 3 is 2.67 bits per heavy atom. The van der Waals surface area contributed by atoms with Gasteiger partial charge in [0.2, 0.25) is 5.91 Å². The van der Waals surface area contributed by atoms with Crippen molar-refractivity contribution >= 4 is 5.91 Å². The molecule has 1 saturated heterocycles. The molecule has 0 radical (unpaired) electrons. The number of likely N-dealkylation sites (N-methyl/N-ethyl adjacent to an activating group) is 1. The van der Waals surface area contributed by atoms with E-state index in [2.05, 4.69) is 22.5 Å². The highest BCUT2D eigenvalue weighted by Gasteiger charge is 2.21. The van der Waals surface area contributed by atoms with E-state index in [1.54, 1.807) is 7.05 Å². The number of carbonyl (C=O) groups excluding carboxylic acids is 1. The number of ether oxygens (including phenoxy) is 1. The van der Waals surface area contributed by atoms with Gasteiger partial charge in [0.1, 0.15) is 0 Å². The average Bonchev–Trinajstić information content (AvgIpc) is 2.38. The van der Waals surface area contributed by atoms with Crippen LogP contribution in [0, 0.1) is 0 Å². The Balaban J connectivity index is 2.16. The normalized spacial score (nSPS) is 19.7. The zero-order valence-corrected chi connectivity index (χ0v) is 11.9. The number of nitrogens with zero attached hydrogens (tertiary/aromatic N) is 1. The monoisotopic (exact) mass is 257 g/mol. The minimum Gasteiger partial charge on any atom is -0.380 e. The van der Waals surface area contributed by atoms with Crippen LogP contribution in [-0.2, 0) is 9.53 Å². The third-order valence-corrected chi connectivity index (χ3v) is 3.33. The Labute approximate surface area is 110 Å². The molecule has 0 spiro atoms. The average molecular weight is 257 g/mol. The van der Waals surface area contributed by atoms with Crippen LogP contribution < -0.4 is 10.6 Å². The van der Waals surface area contributed by atoms with E-state index in [0.29, 0.717) is 18.6 Å². The summed E-state index contributed by atoms with van der Waals surface area (Å²) >= 11 is 0. The van der Waals surface area contributed by atoms with Gasteiger partial charge in [-0.15, -0.1) is 0 Å². The summed E-state index contributed by atoms with van der Waals surface area (Å²) in [7, 11) is 1.69. The second-order valence-electron chi connectivity index (χ2n) is 4.95. The van der Waals surface area contributed by atoms with Crippen molar-refractivity contribution in [1.82, 2.24) is 15.5 Å². The molecule has 0 aromatic rings. The zero-order valence-electron chi connectivity index (χ0n) is 11.9. The summed E-state index contributed by atoms with van der Waals surface area (Å²) in [5.41, 5.74) is 0. The minimum absolute atomic E-state index is 0.103. The molecule has 5 heteroatoms. The van der Waals surface area contributed by atoms with Crippen molar-refractivity contribution in [3.8, 4) is 0 Å². The van der Waals surface area contributed by atoms with E-state index in [1.807, 2.05) is 6.92 Å². The lowest BCUT2D eigenvalue weighted by molar-refractivity contribution is -0.122. The summed E-state index contributed by atoms with van der Waals surface area (Å²) in [5, 5.41) is 6.26. The summed E-state index contributed by atoms with van der Waals surface area (Å²) in [6, 6.07) is 0.960. The molecule has 1 aliphatic heterocycles. The highest BCUT2D eigenvalue weighted by atomic mass is 16.5. The Morgan fingerprint density at radius 2 is 2.11 bits per heavy atom. The molecule has 1 heterocycles. The molecule has 1 aliphatic rings. The van der Waals surface area contributed by atoms with Gasteiger partial charge in [-0.05, 0) is 26.7 Å². The SMILES string of the molecule is CCOCC(C)NC1CCN(CC(=O)NC)CC1. The standard InChI is InChI=1S/C13H27N3O2/c1-4-18-10-11(2)15-12-5-7-16(8-6-12)9-13(17)14-3/h11-12,15H,4-10H2,1-3H3,(H,14,17). The molecule has 0 bridgehead atoms. The smallest absolute Gasteiger partial charge is 0.233 e. The van der Waals surface area contributed by atoms with Crippen LogP contribution in [0.5, 0.6) is 0 Å². The number of carbonyl (C=O) groups is 1. The summed E-state index contributed by atoms with van der Waals surface area (Å²) in [5.74, 6) is 0.103. The maximum atomic E-state index is 11.3. The van der Waals surface area contributed by atoms with Gasteiger partial charge in [0.15, 0.2) is 0 Å². The molecule has 1 amide bonds. The number of nitrogens with one attached hydrogen (secondary N) is 2. The lowest BCUT2D eigenvalue weighted by Gasteiger charge is -2.33. The Morgan fingerprint density at radius 1 is 1.44 bits per heavy atom. The van der Waals surface area contributed by atoms with Crippen molar-refractivity contribution in [2.24, 2.45) is 0 Å². The number of hydrogen-bond donors (Lipinski definition) is 2. The first kappa shape index (κ1) is 15.4. The number of piperidine rings is 1. The zero-order chi connectivity index (χ0) is 13.4. The van der Waals surface area contributed by atoms with E-state index < -0.39 is 0 Å². The van der Waals surface area contributed by atoms with Crippen LogP contribution in [0.15, 0.2) is 0 Å². The molecule has 18 heavy (non-hydrogen) atoms. The van der Waals surface area contributed by atoms with Gasteiger partial charge < -0.3 is 15.4 Å². The minimum atomic E-state index is 0.103. The van der Waals surface area contributed by atoms with Crippen LogP contribution >= 0.6 is 0 Å². The molecule has 1 fully saturated rings. The van der Waals surface area contributed by atoms with Gasteiger partial charge in [-0.2, -0.15) is 0 Å². The molecular weight excluding hydrogens is 230 g/mol. The number of likely N-dealkylation sites (tertiary alicyclic amines) is 1. The van der Waals surface area contributed by atoms with Crippen LogP contribution in [0.3, 0.4) is 0 Å². The van der Waals surface area contributed by atoms with E-state index in [9.17, 15) is 4.79 Å². The summed E-state index contributed by atoms with van der Waals surface area (Å²) < 4.78 is 5.40. The van der Waals surface area contributed by atoms with Gasteiger partial charge in [0, 0.05) is 38.8 Å². The van der Waals surface area contributed by atoms with Gasteiger partial charge in [0.25, 0.3) is 0 Å². The summed E-state index contributed by atoms with van der Waals surface area (Å²) in [6.45, 7) is 8.23. The first-order chi connectivity index (χ1) is 8.65. The highest BCUT2D eigenvalue weighted by Crippen LogP contribution is 2.10. The van der Waals surface area contributed by atoms with E-state index in [4.69, 9.17) is 4.74 Å². The summed E-state index contributed by atoms with van der Waals surface area (Å²) in [4.78, 5) is 13.5. The Kier molecular flexibility index (Phi) is 7.23. The molecule has 1 atom stereocenters. The molecule has 2 N–H and O–H groups in total. The fraction of sp³-hybridized carbons (Fsp3) is 0.923. The number of amides is 1. The lowest BCUT2D eigenvalue weighted by atomic mass is 10.0. The van der Waals surface area contributed by atoms with Crippen LogP contribution in [0.25, 0.3) is 0 Å². The fourth-order valence-electron chi connectivity index (χ4n) is 2.29. The Bertz CT molecular complexity index is 240. The van der Waals surface area contributed by atoms with Gasteiger partial charge >= 0.3 is 0 Å². The van der Waals surface area contributed by atoms with Crippen LogP contribution in [-0.4, -0.2) is 62.8 Å². The van der Waals surface area contributed by atoms with Crippen LogP contribution in [0.4, 0.5) is 0 Å². The van der Waals surface area contributed by atoms with Crippen molar-refractivity contribution in [3.63, 3.8) is 0 Å². The van der Waals surface area contributed by atoms with Gasteiger partial charge in [-0.1, -0.05) is 0 Å². The molecule has 0 saturated carbocycles. The van der Waals surface area contributed by atoms with E-state index >= 15 is 0 Å². The molecule has 0 aromatic heterocycles. The summed E-state index contributed by atoms with van der Waals surface area (Å²) in [6.07, 6.45) is 2.21. The second kappa shape index (κ2) is 8.45. The maximum absolute atomic E-state index is 11.3. The first-order valence-corrected chi connectivity index (χ1v) is 6.92. The fourth-order valence-corrected chi connectivity index (χ4v) is 2.29. The van der Waals surface area contributed by atoms with E-state index in [0.717, 1.165) is 39.1 Å². The maximum Gasteiger partial charge on any atom is 0.233 e. The quantitative estimate of drug-likeness (QED) is 0.685. The highest BCUT2D eigenvalue weighted by molar-refractivity contribution is 5.77. The van der Waals surface area contributed by atoms with Gasteiger partial charge in [-0.25, -0.2) is 0 Å². The largest absolute Gasteiger partial charge is 0.380 e. The van der Waals surface area contributed by atoms with Crippen molar-refractivity contribution in [3.05, 3.63) is 0 Å². The van der Waals surface area contributed by atoms with E-state index in [1.165, 1.54) is 0 Å². The lowest BCUT2D eigenvalue weighted by Crippen LogP contribution is -2.48. The number of hydrogen-bond acceptors (Lipinski definition) is 4. The third kappa shape index (κ3) is 5.80. The van der Waals surface area contributed by atoms with Crippen molar-refractivity contribution in [2.75, 3.05) is 39.9 Å². The van der Waals surface area contributed by atoms with Crippen LogP contribution in [0.1, 0.15) is 26.7 Å². The molecule has 0 aromatic carbocycles. The van der Waals surface area contributed by atoms with E-state index in [-0.39, 0.29) is 5.91 Å².